The molecule has 0 unspecified atom stereocenters. The Bertz CT molecular complexity index is 730. The third kappa shape index (κ3) is 1.53. The van der Waals surface area contributed by atoms with Gasteiger partial charge in [0.1, 0.15) is 0 Å². The first-order valence-corrected chi connectivity index (χ1v) is 6.91. The molecule has 0 saturated heterocycles. The summed E-state index contributed by atoms with van der Waals surface area (Å²) in [5.41, 5.74) is 10.2. The first-order valence-electron chi connectivity index (χ1n) is 6.91. The minimum absolute atomic E-state index is 1.08. The largest absolute Gasteiger partial charge is 0.0801 e. The van der Waals surface area contributed by atoms with Gasteiger partial charge in [-0.1, -0.05) is 54.6 Å². The summed E-state index contributed by atoms with van der Waals surface area (Å²) in [6.45, 7) is 2.23. The molecule has 0 radical (unpaired) electrons. The highest BCUT2D eigenvalue weighted by Gasteiger charge is 2.23. The molecule has 2 aliphatic rings. The average molecular weight is 244 g/mol. The van der Waals surface area contributed by atoms with Crippen molar-refractivity contribution in [3.8, 4) is 11.1 Å². The van der Waals surface area contributed by atoms with E-state index in [9.17, 15) is 0 Å². The van der Waals surface area contributed by atoms with Crippen molar-refractivity contribution in [2.75, 3.05) is 0 Å². The van der Waals surface area contributed by atoms with E-state index in [-0.39, 0.29) is 0 Å². The van der Waals surface area contributed by atoms with Crippen molar-refractivity contribution >= 4 is 5.57 Å². The highest BCUT2D eigenvalue weighted by atomic mass is 14.3. The zero-order chi connectivity index (χ0) is 12.8. The topological polar surface area (TPSA) is 0 Å². The number of benzene rings is 2. The Morgan fingerprint density at radius 1 is 0.947 bits per heavy atom. The lowest BCUT2D eigenvalue weighted by molar-refractivity contribution is 1.21. The Morgan fingerprint density at radius 3 is 2.68 bits per heavy atom. The van der Waals surface area contributed by atoms with Crippen LogP contribution in [0.1, 0.15) is 28.7 Å². The van der Waals surface area contributed by atoms with E-state index in [2.05, 4.69) is 61.5 Å². The van der Waals surface area contributed by atoms with Crippen LogP contribution < -0.4 is 0 Å². The maximum Gasteiger partial charge on any atom is -0.000730 e. The molecule has 0 heteroatoms. The predicted octanol–water partition coefficient (Wildman–Crippen LogP) is 4.91. The summed E-state index contributed by atoms with van der Waals surface area (Å²) in [4.78, 5) is 0. The summed E-state index contributed by atoms with van der Waals surface area (Å²) in [5.74, 6) is 0. The van der Waals surface area contributed by atoms with Crippen LogP contribution in [0.2, 0.25) is 0 Å². The van der Waals surface area contributed by atoms with Crippen LogP contribution in [0.5, 0.6) is 0 Å². The van der Waals surface area contributed by atoms with Gasteiger partial charge >= 0.3 is 0 Å². The van der Waals surface area contributed by atoms with Gasteiger partial charge in [0.2, 0.25) is 0 Å². The monoisotopic (exact) mass is 244 g/mol. The Labute approximate surface area is 114 Å². The first-order chi connectivity index (χ1) is 9.34. The Kier molecular flexibility index (Phi) is 2.25. The van der Waals surface area contributed by atoms with Crippen molar-refractivity contribution < 1.29 is 0 Å². The molecule has 0 atom stereocenters. The first kappa shape index (κ1) is 10.8. The molecule has 0 spiro atoms. The van der Waals surface area contributed by atoms with E-state index in [1.165, 1.54) is 39.0 Å². The number of hydrogen-bond donors (Lipinski definition) is 0. The molecule has 0 amide bonds. The van der Waals surface area contributed by atoms with Crippen molar-refractivity contribution in [1.29, 1.82) is 0 Å². The lowest BCUT2D eigenvalue weighted by Crippen LogP contribution is -1.95. The van der Waals surface area contributed by atoms with Crippen LogP contribution in [0.3, 0.4) is 0 Å². The Balaban J connectivity index is 1.96. The van der Waals surface area contributed by atoms with Crippen molar-refractivity contribution in [2.45, 2.75) is 19.8 Å². The SMILES string of the molecule is Cc1ccc2c(c1C1=CC=CC1)Cc1ccccc1-2. The molecule has 4 rings (SSSR count). The minimum Gasteiger partial charge on any atom is -0.0801 e. The second kappa shape index (κ2) is 3.96. The molecular weight excluding hydrogens is 228 g/mol. The molecule has 0 bridgehead atoms. The molecule has 0 saturated carbocycles. The molecule has 2 aromatic carbocycles. The van der Waals surface area contributed by atoms with Gasteiger partial charge in [0.15, 0.2) is 0 Å². The zero-order valence-electron chi connectivity index (χ0n) is 11.1. The number of hydrogen-bond acceptors (Lipinski definition) is 0. The quantitative estimate of drug-likeness (QED) is 0.570. The standard InChI is InChI=1S/C19H16/c1-13-10-11-17-16-9-5-4-8-15(16)12-18(17)19(13)14-6-2-3-7-14/h2-6,8-11H,7,12H2,1H3. The normalized spacial score (nSPS) is 15.3. The molecule has 92 valence electrons. The van der Waals surface area contributed by atoms with Crippen LogP contribution in [0, 0.1) is 6.92 Å². The summed E-state index contributed by atoms with van der Waals surface area (Å²) in [5, 5.41) is 0. The summed E-state index contributed by atoms with van der Waals surface area (Å²) >= 11 is 0. The van der Waals surface area contributed by atoms with Crippen molar-refractivity contribution in [1.82, 2.24) is 0 Å². The Morgan fingerprint density at radius 2 is 1.84 bits per heavy atom. The van der Waals surface area contributed by atoms with Gasteiger partial charge in [-0.25, -0.2) is 0 Å². The second-order valence-electron chi connectivity index (χ2n) is 5.44. The lowest BCUT2D eigenvalue weighted by atomic mass is 9.91. The molecule has 0 nitrogen and oxygen atoms in total. The van der Waals surface area contributed by atoms with E-state index in [1.54, 1.807) is 0 Å². The third-order valence-corrected chi connectivity index (χ3v) is 4.29. The van der Waals surface area contributed by atoms with Gasteiger partial charge in [-0.05, 0) is 58.7 Å². The summed E-state index contributed by atoms with van der Waals surface area (Å²) in [6.07, 6.45) is 8.85. The highest BCUT2D eigenvalue weighted by Crippen LogP contribution is 2.42. The molecule has 0 heterocycles. The van der Waals surface area contributed by atoms with E-state index < -0.39 is 0 Å². The van der Waals surface area contributed by atoms with Gasteiger partial charge in [0.25, 0.3) is 0 Å². The Hall–Kier alpha value is -2.08. The zero-order valence-corrected chi connectivity index (χ0v) is 11.1. The number of fused-ring (bicyclic) bond motifs is 3. The maximum atomic E-state index is 2.29. The smallest absolute Gasteiger partial charge is 0.000730 e. The predicted molar refractivity (Wildman–Crippen MR) is 81.2 cm³/mol. The second-order valence-corrected chi connectivity index (χ2v) is 5.44. The molecule has 0 N–H and O–H groups in total. The van der Waals surface area contributed by atoms with Crippen LogP contribution in [0.15, 0.2) is 54.6 Å². The summed E-state index contributed by atoms with van der Waals surface area (Å²) in [7, 11) is 0. The average Bonchev–Trinajstić information content (AvgIpc) is 3.05. The van der Waals surface area contributed by atoms with E-state index in [0.29, 0.717) is 0 Å². The van der Waals surface area contributed by atoms with Crippen molar-refractivity contribution in [2.24, 2.45) is 0 Å². The van der Waals surface area contributed by atoms with Crippen LogP contribution >= 0.6 is 0 Å². The minimum atomic E-state index is 1.08. The molecule has 0 aromatic heterocycles. The van der Waals surface area contributed by atoms with E-state index >= 15 is 0 Å². The van der Waals surface area contributed by atoms with E-state index in [0.717, 1.165) is 12.8 Å². The number of rotatable bonds is 1. The fourth-order valence-electron chi connectivity index (χ4n) is 3.41. The fraction of sp³-hybridized carbons (Fsp3) is 0.158. The lowest BCUT2D eigenvalue weighted by Gasteiger charge is -2.13. The van der Waals surface area contributed by atoms with E-state index in [1.807, 2.05) is 0 Å². The van der Waals surface area contributed by atoms with Crippen molar-refractivity contribution in [3.05, 3.63) is 76.9 Å². The molecule has 0 fully saturated rings. The summed E-state index contributed by atoms with van der Waals surface area (Å²) < 4.78 is 0. The van der Waals surface area contributed by atoms with Gasteiger partial charge < -0.3 is 0 Å². The highest BCUT2D eigenvalue weighted by molar-refractivity contribution is 5.86. The third-order valence-electron chi connectivity index (χ3n) is 4.29. The molecule has 19 heavy (non-hydrogen) atoms. The maximum absolute atomic E-state index is 2.29. The fourth-order valence-corrected chi connectivity index (χ4v) is 3.41. The van der Waals surface area contributed by atoms with Gasteiger partial charge in [-0.15, -0.1) is 0 Å². The van der Waals surface area contributed by atoms with E-state index in [4.69, 9.17) is 0 Å². The van der Waals surface area contributed by atoms with Crippen LogP contribution in [0.4, 0.5) is 0 Å². The van der Waals surface area contributed by atoms with Gasteiger partial charge in [-0.2, -0.15) is 0 Å². The van der Waals surface area contributed by atoms with Crippen molar-refractivity contribution in [3.63, 3.8) is 0 Å². The van der Waals surface area contributed by atoms with Gasteiger partial charge in [0, 0.05) is 0 Å². The summed E-state index contributed by atoms with van der Waals surface area (Å²) in [6, 6.07) is 13.4. The van der Waals surface area contributed by atoms with Crippen LogP contribution in [-0.4, -0.2) is 0 Å². The molecule has 2 aliphatic carbocycles. The van der Waals surface area contributed by atoms with Gasteiger partial charge in [0.05, 0.1) is 0 Å². The molecule has 2 aromatic rings. The van der Waals surface area contributed by atoms with Crippen LogP contribution in [0.25, 0.3) is 16.7 Å². The van der Waals surface area contributed by atoms with Crippen LogP contribution in [-0.2, 0) is 6.42 Å². The molecular formula is C19H16. The number of allylic oxidation sites excluding steroid dienone is 4. The van der Waals surface area contributed by atoms with Gasteiger partial charge in [-0.3, -0.25) is 0 Å². The number of aryl methyl sites for hydroxylation is 1. The molecule has 0 aliphatic heterocycles.